The second kappa shape index (κ2) is 6.23. The Morgan fingerprint density at radius 1 is 1.00 bits per heavy atom. The van der Waals surface area contributed by atoms with Crippen molar-refractivity contribution in [2.24, 2.45) is 5.73 Å². The van der Waals surface area contributed by atoms with Crippen molar-refractivity contribution in [3.05, 3.63) is 41.5 Å². The molecule has 0 aliphatic carbocycles. The number of nitrogens with two attached hydrogens (primary N) is 1. The molecule has 0 saturated heterocycles. The van der Waals surface area contributed by atoms with Crippen LogP contribution in [0.25, 0.3) is 0 Å². The summed E-state index contributed by atoms with van der Waals surface area (Å²) < 4.78 is 5.03. The summed E-state index contributed by atoms with van der Waals surface area (Å²) in [7, 11) is 0. The van der Waals surface area contributed by atoms with Gasteiger partial charge in [0, 0.05) is 0 Å². The monoisotopic (exact) mass is 305 g/mol. The fourth-order valence-corrected chi connectivity index (χ4v) is 1.84. The predicted molar refractivity (Wildman–Crippen MR) is 77.3 cm³/mol. The lowest BCUT2D eigenvalue weighted by atomic mass is 10.1. The molecule has 0 aromatic heterocycles. The molecule has 22 heavy (non-hydrogen) atoms. The van der Waals surface area contributed by atoms with Crippen LogP contribution >= 0.6 is 0 Å². The number of rotatable bonds is 4. The van der Waals surface area contributed by atoms with Crippen LogP contribution < -0.4 is 10.5 Å². The highest BCUT2D eigenvalue weighted by atomic mass is 16.5. The smallest absolute Gasteiger partial charge is 0.343 e. The van der Waals surface area contributed by atoms with E-state index in [-0.39, 0.29) is 17.1 Å². The third kappa shape index (κ3) is 3.21. The first-order valence-corrected chi connectivity index (χ1v) is 6.41. The zero-order chi connectivity index (χ0) is 16.3. The first-order chi connectivity index (χ1) is 10.4. The quantitative estimate of drug-likeness (QED) is 0.326. The Morgan fingerprint density at radius 3 is 2.23 bits per heavy atom. The van der Waals surface area contributed by atoms with Gasteiger partial charge >= 0.3 is 5.97 Å². The highest BCUT2D eigenvalue weighted by Crippen LogP contribution is 2.36. The largest absolute Gasteiger partial charge is 0.504 e. The van der Waals surface area contributed by atoms with E-state index >= 15 is 0 Å². The van der Waals surface area contributed by atoms with Crippen molar-refractivity contribution in [2.75, 3.05) is 6.54 Å². The van der Waals surface area contributed by atoms with E-state index in [1.54, 1.807) is 6.07 Å². The maximum absolute atomic E-state index is 12.0. The van der Waals surface area contributed by atoms with Crippen LogP contribution in [0.3, 0.4) is 0 Å². The topological polar surface area (TPSA) is 133 Å². The molecular formula is C15H15NO6. The summed E-state index contributed by atoms with van der Waals surface area (Å²) in [5.41, 5.74) is 6.03. The van der Waals surface area contributed by atoms with Crippen molar-refractivity contribution >= 4 is 5.97 Å². The first kappa shape index (κ1) is 15.5. The molecule has 0 amide bonds. The van der Waals surface area contributed by atoms with E-state index in [0.29, 0.717) is 13.0 Å². The molecule has 0 spiro atoms. The number of esters is 1. The maximum Gasteiger partial charge on any atom is 0.343 e. The molecule has 0 aliphatic rings. The van der Waals surface area contributed by atoms with Crippen LogP contribution in [0.1, 0.15) is 15.9 Å². The van der Waals surface area contributed by atoms with Crippen LogP contribution in [0, 0.1) is 0 Å². The standard InChI is InChI=1S/C15H15NO6/c16-4-3-8-1-2-10(17)13(5-8)22-15(21)9-6-11(18)14(20)12(19)7-9/h1-2,5-7,17-20H,3-4,16H2. The third-order valence-corrected chi connectivity index (χ3v) is 2.97. The number of hydrogen-bond donors (Lipinski definition) is 5. The highest BCUT2D eigenvalue weighted by molar-refractivity contribution is 5.92. The number of carbonyl (C=O) groups excluding carboxylic acids is 1. The van der Waals surface area contributed by atoms with Gasteiger partial charge in [-0.05, 0) is 42.8 Å². The summed E-state index contributed by atoms with van der Waals surface area (Å²) in [6.45, 7) is 0.401. The van der Waals surface area contributed by atoms with Gasteiger partial charge in [0.2, 0.25) is 0 Å². The molecule has 2 rings (SSSR count). The van der Waals surface area contributed by atoms with Crippen LogP contribution in [0.15, 0.2) is 30.3 Å². The van der Waals surface area contributed by atoms with Crippen molar-refractivity contribution < 1.29 is 30.0 Å². The molecule has 0 radical (unpaired) electrons. The average molecular weight is 305 g/mol. The van der Waals surface area contributed by atoms with E-state index in [4.69, 9.17) is 10.5 Å². The zero-order valence-corrected chi connectivity index (χ0v) is 11.5. The van der Waals surface area contributed by atoms with Crippen molar-refractivity contribution in [1.82, 2.24) is 0 Å². The minimum atomic E-state index is -0.911. The molecule has 0 unspecified atom stereocenters. The Labute approximate surface area is 125 Å². The lowest BCUT2D eigenvalue weighted by molar-refractivity contribution is 0.0728. The molecule has 0 saturated carbocycles. The number of benzene rings is 2. The Balaban J connectivity index is 2.27. The van der Waals surface area contributed by atoms with E-state index < -0.39 is 23.2 Å². The molecule has 7 heteroatoms. The van der Waals surface area contributed by atoms with Crippen LogP contribution in [-0.2, 0) is 6.42 Å². The molecule has 0 heterocycles. The second-order valence-corrected chi connectivity index (χ2v) is 4.59. The van der Waals surface area contributed by atoms with E-state index in [9.17, 15) is 25.2 Å². The van der Waals surface area contributed by atoms with Crippen LogP contribution in [0.4, 0.5) is 0 Å². The van der Waals surface area contributed by atoms with E-state index in [0.717, 1.165) is 17.7 Å². The van der Waals surface area contributed by atoms with Gasteiger partial charge in [-0.1, -0.05) is 6.07 Å². The van der Waals surface area contributed by atoms with Gasteiger partial charge in [0.15, 0.2) is 28.7 Å². The molecule has 6 N–H and O–H groups in total. The minimum Gasteiger partial charge on any atom is -0.504 e. The van der Waals surface area contributed by atoms with Crippen molar-refractivity contribution in [3.8, 4) is 28.7 Å². The number of hydrogen-bond acceptors (Lipinski definition) is 7. The summed E-state index contributed by atoms with van der Waals surface area (Å²) in [5.74, 6) is -3.26. The second-order valence-electron chi connectivity index (χ2n) is 4.59. The molecule has 0 aliphatic heterocycles. The molecule has 0 fully saturated rings. The fourth-order valence-electron chi connectivity index (χ4n) is 1.84. The SMILES string of the molecule is NCCc1ccc(O)c(OC(=O)c2cc(O)c(O)c(O)c2)c1. The van der Waals surface area contributed by atoms with Gasteiger partial charge in [-0.15, -0.1) is 0 Å². The fraction of sp³-hybridized carbons (Fsp3) is 0.133. The van der Waals surface area contributed by atoms with Crippen LogP contribution in [-0.4, -0.2) is 32.9 Å². The van der Waals surface area contributed by atoms with Crippen LogP contribution in [0.5, 0.6) is 28.7 Å². The molecule has 0 atom stereocenters. The van der Waals surface area contributed by atoms with Crippen molar-refractivity contribution in [2.45, 2.75) is 6.42 Å². The molecule has 116 valence electrons. The number of phenols is 4. The number of carbonyl (C=O) groups is 1. The number of ether oxygens (including phenoxy) is 1. The summed E-state index contributed by atoms with van der Waals surface area (Å²) in [5, 5.41) is 37.7. The lowest BCUT2D eigenvalue weighted by Crippen LogP contribution is -2.09. The molecule has 2 aromatic carbocycles. The molecule has 0 bridgehead atoms. The normalized spacial score (nSPS) is 10.4. The van der Waals surface area contributed by atoms with Gasteiger partial charge in [-0.2, -0.15) is 0 Å². The first-order valence-electron chi connectivity index (χ1n) is 6.41. The van der Waals surface area contributed by atoms with Crippen LogP contribution in [0.2, 0.25) is 0 Å². The number of phenolic OH excluding ortho intramolecular Hbond substituents is 4. The average Bonchev–Trinajstić information content (AvgIpc) is 2.48. The lowest BCUT2D eigenvalue weighted by Gasteiger charge is -2.09. The van der Waals surface area contributed by atoms with Gasteiger partial charge in [-0.3, -0.25) is 0 Å². The minimum absolute atomic E-state index is 0.0667. The third-order valence-electron chi connectivity index (χ3n) is 2.97. The highest BCUT2D eigenvalue weighted by Gasteiger charge is 2.17. The molecule has 7 nitrogen and oxygen atoms in total. The van der Waals surface area contributed by atoms with Gasteiger partial charge in [0.05, 0.1) is 5.56 Å². The van der Waals surface area contributed by atoms with Gasteiger partial charge in [0.1, 0.15) is 0 Å². The Morgan fingerprint density at radius 2 is 1.64 bits per heavy atom. The van der Waals surface area contributed by atoms with E-state index in [1.807, 2.05) is 0 Å². The van der Waals surface area contributed by atoms with Crippen molar-refractivity contribution in [3.63, 3.8) is 0 Å². The van der Waals surface area contributed by atoms with Gasteiger partial charge in [0.25, 0.3) is 0 Å². The Bertz CT molecular complexity index is 690. The summed E-state index contributed by atoms with van der Waals surface area (Å²) in [6.07, 6.45) is 0.547. The maximum atomic E-state index is 12.0. The zero-order valence-electron chi connectivity index (χ0n) is 11.5. The van der Waals surface area contributed by atoms with Gasteiger partial charge in [-0.25, -0.2) is 4.79 Å². The molecular weight excluding hydrogens is 290 g/mol. The summed E-state index contributed by atoms with van der Waals surface area (Å²) in [6, 6.07) is 6.38. The van der Waals surface area contributed by atoms with Crippen molar-refractivity contribution in [1.29, 1.82) is 0 Å². The van der Waals surface area contributed by atoms with E-state index in [2.05, 4.69) is 0 Å². The summed E-state index contributed by atoms with van der Waals surface area (Å²) >= 11 is 0. The van der Waals surface area contributed by atoms with Gasteiger partial charge < -0.3 is 30.9 Å². The summed E-state index contributed by atoms with van der Waals surface area (Å²) in [4.78, 5) is 12.0. The van der Waals surface area contributed by atoms with E-state index in [1.165, 1.54) is 12.1 Å². The Kier molecular flexibility index (Phi) is 4.38. The molecule has 2 aromatic rings. The number of aromatic hydroxyl groups is 4. The Hall–Kier alpha value is -2.93. The predicted octanol–water partition coefficient (Wildman–Crippen LogP) is 1.23.